The van der Waals surface area contributed by atoms with Gasteiger partial charge >= 0.3 is 0 Å². The lowest BCUT2D eigenvalue weighted by Crippen LogP contribution is -2.27. The maximum absolute atomic E-state index is 9.73. The predicted octanol–water partition coefficient (Wildman–Crippen LogP) is 1.31. The molecule has 1 rings (SSSR count). The number of aliphatic hydroxyl groups excluding tert-OH is 1. The molecular weight excluding hydrogens is 140 g/mol. The van der Waals surface area contributed by atoms with E-state index in [0.29, 0.717) is 0 Å². The Bertz CT molecular complexity index is 132. The van der Waals surface area contributed by atoms with E-state index in [1.807, 2.05) is 13.8 Å². The van der Waals surface area contributed by atoms with E-state index in [9.17, 15) is 10.2 Å². The van der Waals surface area contributed by atoms with Crippen LogP contribution < -0.4 is 0 Å². The molecule has 1 aliphatic rings. The summed E-state index contributed by atoms with van der Waals surface area (Å²) in [5, 5.41) is 19.2. The zero-order valence-corrected chi connectivity index (χ0v) is 7.38. The average Bonchev–Trinajstić information content (AvgIpc) is 1.93. The highest BCUT2D eigenvalue weighted by atomic mass is 16.3. The van der Waals surface area contributed by atoms with Crippen LogP contribution in [0.25, 0.3) is 0 Å². The van der Waals surface area contributed by atoms with Gasteiger partial charge in [-0.25, -0.2) is 0 Å². The fourth-order valence-electron chi connectivity index (χ4n) is 1.91. The molecule has 3 atom stereocenters. The first-order valence-electron chi connectivity index (χ1n) is 4.42. The maximum atomic E-state index is 9.73. The summed E-state index contributed by atoms with van der Waals surface area (Å²) in [5.74, 6) is 0.243. The van der Waals surface area contributed by atoms with Crippen molar-refractivity contribution in [3.05, 3.63) is 0 Å². The Hall–Kier alpha value is -0.0800. The van der Waals surface area contributed by atoms with Crippen LogP contribution in [0.3, 0.4) is 0 Å². The standard InChI is InChI=1S/C9H18O2/c1-7-6-9(2,11)5-3-4-8(7)10/h7-8,10-11H,3-6H2,1-2H3. The van der Waals surface area contributed by atoms with Gasteiger partial charge in [0, 0.05) is 0 Å². The quantitative estimate of drug-likeness (QED) is 0.522. The summed E-state index contributed by atoms with van der Waals surface area (Å²) in [4.78, 5) is 0. The van der Waals surface area contributed by atoms with Gasteiger partial charge in [-0.15, -0.1) is 0 Å². The number of rotatable bonds is 0. The summed E-state index contributed by atoms with van der Waals surface area (Å²) in [6.45, 7) is 3.87. The van der Waals surface area contributed by atoms with Gasteiger partial charge in [0.2, 0.25) is 0 Å². The normalized spacial score (nSPS) is 46.9. The topological polar surface area (TPSA) is 40.5 Å². The van der Waals surface area contributed by atoms with Crippen LogP contribution in [0, 0.1) is 5.92 Å². The average molecular weight is 158 g/mol. The molecule has 2 N–H and O–H groups in total. The first-order chi connectivity index (χ1) is 5.01. The third-order valence-corrected chi connectivity index (χ3v) is 2.63. The zero-order valence-electron chi connectivity index (χ0n) is 7.38. The Morgan fingerprint density at radius 3 is 2.73 bits per heavy atom. The van der Waals surface area contributed by atoms with E-state index in [1.54, 1.807) is 0 Å². The van der Waals surface area contributed by atoms with Crippen molar-refractivity contribution in [1.29, 1.82) is 0 Å². The molecule has 0 bridgehead atoms. The van der Waals surface area contributed by atoms with Gasteiger partial charge in [0.25, 0.3) is 0 Å². The van der Waals surface area contributed by atoms with Crippen LogP contribution in [0.15, 0.2) is 0 Å². The van der Waals surface area contributed by atoms with Gasteiger partial charge in [-0.2, -0.15) is 0 Å². The van der Waals surface area contributed by atoms with Crippen LogP contribution in [0.4, 0.5) is 0 Å². The van der Waals surface area contributed by atoms with Crippen LogP contribution in [0.5, 0.6) is 0 Å². The lowest BCUT2D eigenvalue weighted by molar-refractivity contribution is 0.0193. The van der Waals surface area contributed by atoms with E-state index in [-0.39, 0.29) is 12.0 Å². The van der Waals surface area contributed by atoms with E-state index in [4.69, 9.17) is 0 Å². The highest BCUT2D eigenvalue weighted by Gasteiger charge is 2.29. The lowest BCUT2D eigenvalue weighted by atomic mass is 9.91. The molecule has 0 aromatic rings. The summed E-state index contributed by atoms with van der Waals surface area (Å²) in [5.41, 5.74) is -0.545. The van der Waals surface area contributed by atoms with Gasteiger partial charge in [-0.1, -0.05) is 6.92 Å². The first kappa shape index (κ1) is 9.01. The number of aliphatic hydroxyl groups is 2. The van der Waals surface area contributed by atoms with Crippen molar-refractivity contribution in [2.75, 3.05) is 0 Å². The van der Waals surface area contributed by atoms with E-state index in [0.717, 1.165) is 25.7 Å². The molecule has 1 saturated carbocycles. The van der Waals surface area contributed by atoms with E-state index < -0.39 is 5.60 Å². The van der Waals surface area contributed by atoms with Gasteiger partial charge in [0.05, 0.1) is 11.7 Å². The molecule has 1 fully saturated rings. The second kappa shape index (κ2) is 3.11. The summed E-state index contributed by atoms with van der Waals surface area (Å²) < 4.78 is 0. The second-order valence-corrected chi connectivity index (χ2v) is 4.14. The summed E-state index contributed by atoms with van der Waals surface area (Å²) in [6.07, 6.45) is 3.14. The molecule has 2 nitrogen and oxygen atoms in total. The minimum absolute atomic E-state index is 0.205. The molecule has 0 spiro atoms. The fourth-order valence-corrected chi connectivity index (χ4v) is 1.91. The van der Waals surface area contributed by atoms with Gasteiger partial charge in [-0.05, 0) is 38.5 Å². The zero-order chi connectivity index (χ0) is 8.48. The Labute approximate surface area is 68.2 Å². The molecule has 2 heteroatoms. The van der Waals surface area contributed by atoms with Crippen molar-refractivity contribution >= 4 is 0 Å². The summed E-state index contributed by atoms with van der Waals surface area (Å²) in [7, 11) is 0. The largest absolute Gasteiger partial charge is 0.393 e. The van der Waals surface area contributed by atoms with Gasteiger partial charge < -0.3 is 10.2 Å². The van der Waals surface area contributed by atoms with E-state index in [2.05, 4.69) is 0 Å². The lowest BCUT2D eigenvalue weighted by Gasteiger charge is -2.24. The Kier molecular flexibility index (Phi) is 2.55. The Morgan fingerprint density at radius 1 is 1.45 bits per heavy atom. The molecule has 0 amide bonds. The van der Waals surface area contributed by atoms with Crippen LogP contribution in [0.1, 0.15) is 39.5 Å². The monoisotopic (exact) mass is 158 g/mol. The minimum Gasteiger partial charge on any atom is -0.393 e. The molecule has 0 aromatic heterocycles. The third-order valence-electron chi connectivity index (χ3n) is 2.63. The van der Waals surface area contributed by atoms with E-state index in [1.165, 1.54) is 0 Å². The molecule has 0 aromatic carbocycles. The molecule has 0 radical (unpaired) electrons. The minimum atomic E-state index is -0.545. The predicted molar refractivity (Wildman–Crippen MR) is 44.3 cm³/mol. The SMILES string of the molecule is CC1CC(C)(O)CCCC1O. The highest BCUT2D eigenvalue weighted by molar-refractivity contribution is 4.82. The number of hydrogen-bond acceptors (Lipinski definition) is 2. The van der Waals surface area contributed by atoms with Crippen molar-refractivity contribution in [2.24, 2.45) is 5.92 Å². The Morgan fingerprint density at radius 2 is 2.09 bits per heavy atom. The van der Waals surface area contributed by atoms with Crippen LogP contribution in [0.2, 0.25) is 0 Å². The fraction of sp³-hybridized carbons (Fsp3) is 1.00. The molecule has 0 aliphatic heterocycles. The van der Waals surface area contributed by atoms with Gasteiger partial charge in [-0.3, -0.25) is 0 Å². The molecule has 11 heavy (non-hydrogen) atoms. The van der Waals surface area contributed by atoms with Crippen molar-refractivity contribution < 1.29 is 10.2 Å². The maximum Gasteiger partial charge on any atom is 0.0623 e. The van der Waals surface area contributed by atoms with Gasteiger partial charge in [0.15, 0.2) is 0 Å². The van der Waals surface area contributed by atoms with Gasteiger partial charge in [0.1, 0.15) is 0 Å². The molecule has 66 valence electrons. The molecular formula is C9H18O2. The van der Waals surface area contributed by atoms with Crippen molar-refractivity contribution in [3.8, 4) is 0 Å². The van der Waals surface area contributed by atoms with Crippen molar-refractivity contribution in [1.82, 2.24) is 0 Å². The highest BCUT2D eigenvalue weighted by Crippen LogP contribution is 2.30. The Balaban J connectivity index is 2.55. The van der Waals surface area contributed by atoms with Crippen LogP contribution >= 0.6 is 0 Å². The van der Waals surface area contributed by atoms with Crippen molar-refractivity contribution in [3.63, 3.8) is 0 Å². The molecule has 3 unspecified atom stereocenters. The smallest absolute Gasteiger partial charge is 0.0623 e. The number of hydrogen-bond donors (Lipinski definition) is 2. The summed E-state index contributed by atoms with van der Waals surface area (Å²) >= 11 is 0. The van der Waals surface area contributed by atoms with E-state index >= 15 is 0 Å². The van der Waals surface area contributed by atoms with Crippen LogP contribution in [-0.4, -0.2) is 21.9 Å². The molecule has 1 aliphatic carbocycles. The molecule has 0 heterocycles. The van der Waals surface area contributed by atoms with Crippen LogP contribution in [-0.2, 0) is 0 Å². The second-order valence-electron chi connectivity index (χ2n) is 4.14. The molecule has 0 saturated heterocycles. The van der Waals surface area contributed by atoms with Crippen molar-refractivity contribution in [2.45, 2.75) is 51.2 Å². The third kappa shape index (κ3) is 2.46. The first-order valence-corrected chi connectivity index (χ1v) is 4.42. The summed E-state index contributed by atoms with van der Waals surface area (Å²) in [6, 6.07) is 0.